The molecule has 0 spiro atoms. The molecule has 47 heavy (non-hydrogen) atoms. The van der Waals surface area contributed by atoms with Crippen LogP contribution in [0.25, 0.3) is 0 Å². The zero-order chi connectivity index (χ0) is 34.7. The first-order valence-electron chi connectivity index (χ1n) is 20.0. The minimum atomic E-state index is -4.35. The summed E-state index contributed by atoms with van der Waals surface area (Å²) in [6, 6.07) is -1.07. The highest BCUT2D eigenvalue weighted by molar-refractivity contribution is 7.85. The lowest BCUT2D eigenvalue weighted by molar-refractivity contribution is -0.122. The standard InChI is InChI=1S/C40H77NO5S/c1-3-5-7-9-11-13-15-17-18-19-20-21-22-23-24-25-27-29-31-33-35-39(42)38(37-47(44,45)46)41-40(43)36-34-32-30-28-26-16-14-12-10-8-6-4-2/h25,27,33,35,38-39,42H,3-24,26,28-32,34,36-37H2,1-2H3,(H,41,43)(H,44,45,46)/b27-25+,35-33+. The van der Waals surface area contributed by atoms with Crippen LogP contribution in [-0.4, -0.2) is 41.9 Å². The number of hydrogen-bond acceptors (Lipinski definition) is 4. The van der Waals surface area contributed by atoms with Gasteiger partial charge >= 0.3 is 0 Å². The van der Waals surface area contributed by atoms with Crippen molar-refractivity contribution < 1.29 is 22.9 Å². The lowest BCUT2D eigenvalue weighted by atomic mass is 10.0. The summed E-state index contributed by atoms with van der Waals surface area (Å²) in [5.74, 6) is -0.994. The minimum Gasteiger partial charge on any atom is -0.387 e. The van der Waals surface area contributed by atoms with Crippen LogP contribution in [0, 0.1) is 0 Å². The molecule has 0 aromatic carbocycles. The third-order valence-corrected chi connectivity index (χ3v) is 9.91. The number of rotatable bonds is 36. The van der Waals surface area contributed by atoms with Crippen LogP contribution in [-0.2, 0) is 14.9 Å². The fourth-order valence-electron chi connectivity index (χ4n) is 6.11. The fourth-order valence-corrected chi connectivity index (χ4v) is 6.85. The van der Waals surface area contributed by atoms with Crippen molar-refractivity contribution in [3.8, 4) is 0 Å². The van der Waals surface area contributed by atoms with E-state index in [1.165, 1.54) is 154 Å². The van der Waals surface area contributed by atoms with E-state index >= 15 is 0 Å². The molecule has 2 atom stereocenters. The van der Waals surface area contributed by atoms with Crippen LogP contribution in [0.15, 0.2) is 24.3 Å². The number of hydrogen-bond donors (Lipinski definition) is 3. The van der Waals surface area contributed by atoms with E-state index in [1.807, 2.05) is 6.08 Å². The van der Waals surface area contributed by atoms with Gasteiger partial charge in [-0.2, -0.15) is 8.42 Å². The van der Waals surface area contributed by atoms with Crippen LogP contribution in [0.5, 0.6) is 0 Å². The molecule has 7 heteroatoms. The van der Waals surface area contributed by atoms with Gasteiger partial charge in [0.05, 0.1) is 17.9 Å². The van der Waals surface area contributed by atoms with E-state index in [4.69, 9.17) is 0 Å². The van der Waals surface area contributed by atoms with Gasteiger partial charge in [-0.1, -0.05) is 192 Å². The molecule has 0 saturated carbocycles. The monoisotopic (exact) mass is 684 g/mol. The van der Waals surface area contributed by atoms with E-state index in [9.17, 15) is 22.9 Å². The number of aliphatic hydroxyl groups excluding tert-OH is 1. The summed E-state index contributed by atoms with van der Waals surface area (Å²) in [5, 5.41) is 13.2. The van der Waals surface area contributed by atoms with Gasteiger partial charge < -0.3 is 10.4 Å². The molecule has 0 rings (SSSR count). The molecule has 1 amide bonds. The van der Waals surface area contributed by atoms with Gasteiger partial charge in [0.15, 0.2) is 0 Å². The summed E-state index contributed by atoms with van der Waals surface area (Å²) in [4.78, 5) is 12.5. The molecule has 278 valence electrons. The first-order chi connectivity index (χ1) is 22.8. The van der Waals surface area contributed by atoms with Gasteiger partial charge in [0.25, 0.3) is 10.1 Å². The van der Waals surface area contributed by atoms with E-state index in [2.05, 4.69) is 31.3 Å². The molecule has 0 aliphatic heterocycles. The van der Waals surface area contributed by atoms with Crippen LogP contribution < -0.4 is 5.32 Å². The average Bonchev–Trinajstić information content (AvgIpc) is 3.03. The molecule has 0 aromatic heterocycles. The Labute approximate surface area is 292 Å². The summed E-state index contributed by atoms with van der Waals surface area (Å²) in [7, 11) is -4.35. The van der Waals surface area contributed by atoms with Crippen molar-refractivity contribution >= 4 is 16.0 Å². The van der Waals surface area contributed by atoms with Crippen LogP contribution in [0.1, 0.15) is 206 Å². The smallest absolute Gasteiger partial charge is 0.267 e. The third kappa shape index (κ3) is 35.9. The topological polar surface area (TPSA) is 104 Å². The Bertz CT molecular complexity index is 842. The molecular formula is C40H77NO5S. The van der Waals surface area contributed by atoms with Crippen molar-refractivity contribution in [2.24, 2.45) is 0 Å². The predicted octanol–water partition coefficient (Wildman–Crippen LogP) is 11.6. The number of amides is 1. The predicted molar refractivity (Wildman–Crippen MR) is 202 cm³/mol. The zero-order valence-corrected chi connectivity index (χ0v) is 31.7. The maximum absolute atomic E-state index is 12.5. The van der Waals surface area contributed by atoms with Gasteiger partial charge in [0.2, 0.25) is 5.91 Å². The molecule has 0 fully saturated rings. The molecule has 0 bridgehead atoms. The first kappa shape index (κ1) is 45.8. The molecule has 0 aliphatic rings. The summed E-state index contributed by atoms with van der Waals surface area (Å²) in [6.45, 7) is 4.51. The second kappa shape index (κ2) is 34.7. The lowest BCUT2D eigenvalue weighted by Gasteiger charge is -2.21. The van der Waals surface area contributed by atoms with Gasteiger partial charge in [-0.15, -0.1) is 0 Å². The molecule has 2 unspecified atom stereocenters. The van der Waals surface area contributed by atoms with Gasteiger partial charge in [-0.05, 0) is 32.1 Å². The number of carbonyl (C=O) groups is 1. The minimum absolute atomic E-state index is 0.287. The van der Waals surface area contributed by atoms with E-state index in [0.717, 1.165) is 38.5 Å². The Morgan fingerprint density at radius 2 is 0.915 bits per heavy atom. The normalized spacial score (nSPS) is 13.5. The van der Waals surface area contributed by atoms with Crippen LogP contribution >= 0.6 is 0 Å². The molecule has 0 aromatic rings. The quantitative estimate of drug-likeness (QED) is 0.0346. The summed E-state index contributed by atoms with van der Waals surface area (Å²) < 4.78 is 32.4. The summed E-state index contributed by atoms with van der Waals surface area (Å²) in [5.41, 5.74) is 0. The van der Waals surface area contributed by atoms with Crippen molar-refractivity contribution in [2.75, 3.05) is 5.75 Å². The van der Waals surface area contributed by atoms with E-state index < -0.39 is 28.0 Å². The zero-order valence-electron chi connectivity index (χ0n) is 30.9. The maximum atomic E-state index is 12.5. The number of carbonyl (C=O) groups excluding carboxylic acids is 1. The molecule has 6 nitrogen and oxygen atoms in total. The maximum Gasteiger partial charge on any atom is 0.267 e. The van der Waals surface area contributed by atoms with Gasteiger partial charge in [0.1, 0.15) is 0 Å². The van der Waals surface area contributed by atoms with Crippen molar-refractivity contribution in [3.63, 3.8) is 0 Å². The second-order valence-corrected chi connectivity index (χ2v) is 15.4. The Kier molecular flexibility index (Phi) is 33.8. The molecule has 0 saturated heterocycles. The Morgan fingerprint density at radius 3 is 1.34 bits per heavy atom. The highest BCUT2D eigenvalue weighted by Crippen LogP contribution is 2.15. The molecule has 3 N–H and O–H groups in total. The second-order valence-electron chi connectivity index (χ2n) is 13.9. The van der Waals surface area contributed by atoms with Gasteiger partial charge in [0, 0.05) is 6.42 Å². The van der Waals surface area contributed by atoms with Crippen molar-refractivity contribution in [1.29, 1.82) is 0 Å². The van der Waals surface area contributed by atoms with Crippen molar-refractivity contribution in [2.45, 2.75) is 219 Å². The van der Waals surface area contributed by atoms with Crippen molar-refractivity contribution in [3.05, 3.63) is 24.3 Å². The lowest BCUT2D eigenvalue weighted by Crippen LogP contribution is -2.46. The van der Waals surface area contributed by atoms with Gasteiger partial charge in [-0.3, -0.25) is 9.35 Å². The largest absolute Gasteiger partial charge is 0.387 e. The SMILES string of the molecule is CCCCCCCCCCCCCCCC/C=C/CC/C=C/C(O)C(CS(=O)(=O)O)NC(=O)CCCCCCCCCCCCCC. The molecule has 0 aliphatic carbocycles. The van der Waals surface area contributed by atoms with E-state index in [0.29, 0.717) is 6.42 Å². The van der Waals surface area contributed by atoms with Crippen LogP contribution in [0.3, 0.4) is 0 Å². The summed E-state index contributed by atoms with van der Waals surface area (Å²) >= 11 is 0. The number of unbranched alkanes of at least 4 members (excludes halogenated alkanes) is 26. The molecular weight excluding hydrogens is 607 g/mol. The Morgan fingerprint density at radius 1 is 0.553 bits per heavy atom. The molecule has 0 radical (unpaired) electrons. The molecule has 0 heterocycles. The highest BCUT2D eigenvalue weighted by Gasteiger charge is 2.24. The third-order valence-electron chi connectivity index (χ3n) is 9.13. The Balaban J connectivity index is 3.94. The first-order valence-corrected chi connectivity index (χ1v) is 21.6. The number of aliphatic hydroxyl groups is 1. The van der Waals surface area contributed by atoms with Crippen LogP contribution in [0.4, 0.5) is 0 Å². The van der Waals surface area contributed by atoms with E-state index in [1.54, 1.807) is 0 Å². The summed E-state index contributed by atoms with van der Waals surface area (Å²) in [6.07, 6.45) is 43.1. The number of nitrogens with one attached hydrogen (secondary N) is 1. The highest BCUT2D eigenvalue weighted by atomic mass is 32.2. The van der Waals surface area contributed by atoms with Crippen molar-refractivity contribution in [1.82, 2.24) is 5.32 Å². The number of allylic oxidation sites excluding steroid dienone is 3. The van der Waals surface area contributed by atoms with E-state index in [-0.39, 0.29) is 5.91 Å². The van der Waals surface area contributed by atoms with Gasteiger partial charge in [-0.25, -0.2) is 0 Å². The fraction of sp³-hybridized carbons (Fsp3) is 0.875. The van der Waals surface area contributed by atoms with Crippen LogP contribution in [0.2, 0.25) is 0 Å². The average molecular weight is 684 g/mol. The Hall–Kier alpha value is -1.18.